The maximum atomic E-state index is 5.36. The SMILES string of the molecule is CC.CC.CC.CCC.Nc1ccccc1. The highest BCUT2D eigenvalue weighted by Crippen LogP contribution is 1.95. The first-order valence-electron chi connectivity index (χ1n) is 6.61. The molecule has 0 aliphatic carbocycles. The molecule has 2 N–H and O–H groups in total. The van der Waals surface area contributed by atoms with Crippen molar-refractivity contribution < 1.29 is 0 Å². The second-order valence-corrected chi connectivity index (χ2v) is 2.12. The first-order valence-corrected chi connectivity index (χ1v) is 6.61. The van der Waals surface area contributed by atoms with E-state index in [0.29, 0.717) is 0 Å². The zero-order valence-electron chi connectivity index (χ0n) is 12.7. The second kappa shape index (κ2) is 37.0. The van der Waals surface area contributed by atoms with E-state index in [1.54, 1.807) is 0 Å². The summed E-state index contributed by atoms with van der Waals surface area (Å²) >= 11 is 0. The molecule has 1 rings (SSSR count). The van der Waals surface area contributed by atoms with Gasteiger partial charge >= 0.3 is 0 Å². The molecule has 0 bridgehead atoms. The van der Waals surface area contributed by atoms with Gasteiger partial charge in [0.1, 0.15) is 0 Å². The predicted octanol–water partition coefficient (Wildman–Crippen LogP) is 5.76. The summed E-state index contributed by atoms with van der Waals surface area (Å²) in [6.45, 7) is 16.2. The van der Waals surface area contributed by atoms with E-state index < -0.39 is 0 Å². The summed E-state index contributed by atoms with van der Waals surface area (Å²) in [5, 5.41) is 0. The van der Waals surface area contributed by atoms with Crippen LogP contribution in [0.2, 0.25) is 0 Å². The van der Waals surface area contributed by atoms with Gasteiger partial charge in [-0.2, -0.15) is 0 Å². The molecular formula is C15H33N. The Bertz CT molecular complexity index is 147. The number of anilines is 1. The molecule has 0 aliphatic rings. The van der Waals surface area contributed by atoms with Gasteiger partial charge in [0, 0.05) is 5.69 Å². The Labute approximate surface area is 104 Å². The van der Waals surface area contributed by atoms with Gasteiger partial charge in [-0.05, 0) is 12.1 Å². The molecule has 0 saturated heterocycles. The Morgan fingerprint density at radius 3 is 1.12 bits per heavy atom. The van der Waals surface area contributed by atoms with E-state index in [1.165, 1.54) is 6.42 Å². The second-order valence-electron chi connectivity index (χ2n) is 2.12. The lowest BCUT2D eigenvalue weighted by Crippen LogP contribution is -1.79. The molecule has 0 amide bonds. The number of nitrogens with two attached hydrogens (primary N) is 1. The number of nitrogen functional groups attached to an aromatic ring is 1. The van der Waals surface area contributed by atoms with Crippen molar-refractivity contribution >= 4 is 5.69 Å². The molecule has 0 atom stereocenters. The summed E-state index contributed by atoms with van der Waals surface area (Å²) in [7, 11) is 0. The molecule has 0 aliphatic heterocycles. The lowest BCUT2D eigenvalue weighted by molar-refractivity contribution is 1.09. The van der Waals surface area contributed by atoms with Crippen LogP contribution >= 0.6 is 0 Å². The van der Waals surface area contributed by atoms with E-state index in [1.807, 2.05) is 71.9 Å². The van der Waals surface area contributed by atoms with E-state index in [-0.39, 0.29) is 0 Å². The Hall–Kier alpha value is -0.980. The van der Waals surface area contributed by atoms with Crippen molar-refractivity contribution in [1.82, 2.24) is 0 Å². The largest absolute Gasteiger partial charge is 0.399 e. The number of benzene rings is 1. The summed E-state index contributed by atoms with van der Waals surface area (Å²) in [5.74, 6) is 0. The zero-order valence-corrected chi connectivity index (χ0v) is 12.7. The summed E-state index contributed by atoms with van der Waals surface area (Å²) in [6.07, 6.45) is 1.25. The van der Waals surface area contributed by atoms with E-state index >= 15 is 0 Å². The third-order valence-corrected chi connectivity index (χ3v) is 0.800. The maximum absolute atomic E-state index is 5.36. The maximum Gasteiger partial charge on any atom is 0.0313 e. The summed E-state index contributed by atoms with van der Waals surface area (Å²) in [5.41, 5.74) is 6.18. The van der Waals surface area contributed by atoms with E-state index in [4.69, 9.17) is 5.73 Å². The van der Waals surface area contributed by atoms with Crippen molar-refractivity contribution in [3.8, 4) is 0 Å². The number of rotatable bonds is 0. The van der Waals surface area contributed by atoms with Gasteiger partial charge in [-0.25, -0.2) is 0 Å². The van der Waals surface area contributed by atoms with Crippen molar-refractivity contribution in [2.75, 3.05) is 5.73 Å². The number of para-hydroxylation sites is 1. The van der Waals surface area contributed by atoms with Crippen LogP contribution in [0, 0.1) is 0 Å². The van der Waals surface area contributed by atoms with E-state index in [2.05, 4.69) is 13.8 Å². The molecule has 98 valence electrons. The molecule has 16 heavy (non-hydrogen) atoms. The minimum atomic E-state index is 0.822. The highest BCUT2D eigenvalue weighted by atomic mass is 14.5. The fourth-order valence-electron chi connectivity index (χ4n) is 0.453. The van der Waals surface area contributed by atoms with Crippen LogP contribution < -0.4 is 5.73 Å². The van der Waals surface area contributed by atoms with Gasteiger partial charge in [0.05, 0.1) is 0 Å². The van der Waals surface area contributed by atoms with Crippen LogP contribution in [0.4, 0.5) is 5.69 Å². The third kappa shape index (κ3) is 38.2. The normalized spacial score (nSPS) is 6.00. The van der Waals surface area contributed by atoms with Gasteiger partial charge in [0.15, 0.2) is 0 Å². The molecule has 0 aromatic heterocycles. The first-order chi connectivity index (χ1) is 7.81. The molecule has 1 aromatic carbocycles. The summed E-state index contributed by atoms with van der Waals surface area (Å²) in [4.78, 5) is 0. The van der Waals surface area contributed by atoms with Crippen LogP contribution in [0.25, 0.3) is 0 Å². The lowest BCUT2D eigenvalue weighted by Gasteiger charge is -1.83. The van der Waals surface area contributed by atoms with Crippen molar-refractivity contribution in [2.24, 2.45) is 0 Å². The van der Waals surface area contributed by atoms with E-state index in [9.17, 15) is 0 Å². The molecular weight excluding hydrogens is 194 g/mol. The Morgan fingerprint density at radius 1 is 0.750 bits per heavy atom. The Kier molecular flexibility index (Phi) is 56.1. The highest BCUT2D eigenvalue weighted by molar-refractivity contribution is 5.35. The Balaban J connectivity index is -0.0000000688. The molecule has 0 heterocycles. The molecule has 0 unspecified atom stereocenters. The topological polar surface area (TPSA) is 26.0 Å². The average molecular weight is 227 g/mol. The molecule has 1 nitrogen and oxygen atoms in total. The quantitative estimate of drug-likeness (QED) is 0.560. The van der Waals surface area contributed by atoms with Gasteiger partial charge in [0.2, 0.25) is 0 Å². The summed E-state index contributed by atoms with van der Waals surface area (Å²) in [6, 6.07) is 9.49. The number of hydrogen-bond acceptors (Lipinski definition) is 1. The van der Waals surface area contributed by atoms with Crippen molar-refractivity contribution in [2.45, 2.75) is 61.8 Å². The van der Waals surface area contributed by atoms with Crippen LogP contribution in [0.15, 0.2) is 30.3 Å². The van der Waals surface area contributed by atoms with E-state index in [0.717, 1.165) is 5.69 Å². The van der Waals surface area contributed by atoms with Gasteiger partial charge in [0.25, 0.3) is 0 Å². The van der Waals surface area contributed by atoms with Crippen LogP contribution in [0.5, 0.6) is 0 Å². The molecule has 0 fully saturated rings. The van der Waals surface area contributed by atoms with Crippen molar-refractivity contribution in [3.63, 3.8) is 0 Å². The van der Waals surface area contributed by atoms with Crippen LogP contribution in [0.3, 0.4) is 0 Å². The van der Waals surface area contributed by atoms with Crippen LogP contribution in [0.1, 0.15) is 61.8 Å². The van der Waals surface area contributed by atoms with Gasteiger partial charge in [-0.3, -0.25) is 0 Å². The molecule has 0 saturated carbocycles. The fourth-order valence-corrected chi connectivity index (χ4v) is 0.453. The monoisotopic (exact) mass is 227 g/mol. The standard InChI is InChI=1S/C6H7N.C3H8.3C2H6/c7-6-4-2-1-3-5-6;1-3-2;3*1-2/h1-5H,7H2;3H2,1-2H3;3*1-2H3. The Morgan fingerprint density at radius 2 is 1.00 bits per heavy atom. The smallest absolute Gasteiger partial charge is 0.0313 e. The summed E-state index contributed by atoms with van der Waals surface area (Å²) < 4.78 is 0. The predicted molar refractivity (Wildman–Crippen MR) is 80.9 cm³/mol. The fraction of sp³-hybridized carbons (Fsp3) is 0.600. The third-order valence-electron chi connectivity index (χ3n) is 0.800. The minimum Gasteiger partial charge on any atom is -0.399 e. The molecule has 0 spiro atoms. The average Bonchev–Trinajstić information content (AvgIpc) is 2.38. The van der Waals surface area contributed by atoms with Crippen LogP contribution in [-0.4, -0.2) is 0 Å². The lowest BCUT2D eigenvalue weighted by atomic mass is 10.3. The van der Waals surface area contributed by atoms with Gasteiger partial charge in [-0.15, -0.1) is 0 Å². The molecule has 1 aromatic rings. The molecule has 0 radical (unpaired) electrons. The first kappa shape index (κ1) is 24.3. The highest BCUT2D eigenvalue weighted by Gasteiger charge is 1.72. The number of hydrogen-bond donors (Lipinski definition) is 1. The minimum absolute atomic E-state index is 0.822. The molecule has 1 heteroatoms. The van der Waals surface area contributed by atoms with Crippen LogP contribution in [-0.2, 0) is 0 Å². The van der Waals surface area contributed by atoms with Gasteiger partial charge < -0.3 is 5.73 Å². The van der Waals surface area contributed by atoms with Crippen molar-refractivity contribution in [1.29, 1.82) is 0 Å². The zero-order chi connectivity index (χ0) is 13.8. The van der Waals surface area contributed by atoms with Crippen molar-refractivity contribution in [3.05, 3.63) is 30.3 Å². The van der Waals surface area contributed by atoms with Gasteiger partial charge in [-0.1, -0.05) is 80.0 Å².